The van der Waals surface area contributed by atoms with E-state index in [9.17, 15) is 31.2 Å². The Morgan fingerprint density at radius 3 is 2.33 bits per heavy atom. The van der Waals surface area contributed by atoms with Crippen LogP contribution in [0.2, 0.25) is 0 Å². The monoisotopic (exact) mass is 485 g/mol. The number of benzene rings is 2. The number of alkyl halides is 3. The van der Waals surface area contributed by atoms with Gasteiger partial charge in [0.15, 0.2) is 0 Å². The molecule has 176 valence electrons. The van der Waals surface area contributed by atoms with Crippen molar-refractivity contribution in [1.82, 2.24) is 4.72 Å². The Morgan fingerprint density at radius 1 is 1.12 bits per heavy atom. The molecule has 1 aliphatic heterocycles. The van der Waals surface area contributed by atoms with E-state index in [1.54, 1.807) is 35.1 Å². The summed E-state index contributed by atoms with van der Waals surface area (Å²) >= 11 is 0. The van der Waals surface area contributed by atoms with E-state index in [4.69, 9.17) is 5.11 Å². The van der Waals surface area contributed by atoms with Gasteiger partial charge in [0.05, 0.1) is 23.0 Å². The van der Waals surface area contributed by atoms with E-state index in [1.807, 2.05) is 0 Å². The predicted octanol–water partition coefficient (Wildman–Crippen LogP) is 3.45. The Morgan fingerprint density at radius 2 is 1.76 bits per heavy atom. The quantitative estimate of drug-likeness (QED) is 0.615. The zero-order valence-corrected chi connectivity index (χ0v) is 17.6. The first kappa shape index (κ1) is 24.0. The number of hydrazone groups is 1. The number of aliphatic carboxylic acids is 1. The van der Waals surface area contributed by atoms with E-state index in [0.717, 1.165) is 12.1 Å². The number of nitrogens with zero attached hydrogens (tertiary/aromatic N) is 2. The summed E-state index contributed by atoms with van der Waals surface area (Å²) in [5.41, 5.74) is -0.145. The SMILES string of the molecule is O=C(O)CCOC(=O)NS(=O)(=O)c1ccc(N2N=C(C(F)(F)F)CC2c2ccccc2)cc1. The molecular weight excluding hydrogens is 467 g/mol. The topological polar surface area (TPSA) is 125 Å². The number of sulfonamides is 1. The van der Waals surface area contributed by atoms with Crippen molar-refractivity contribution < 1.29 is 41.0 Å². The second-order valence-electron chi connectivity index (χ2n) is 6.90. The average Bonchev–Trinajstić information content (AvgIpc) is 3.20. The summed E-state index contributed by atoms with van der Waals surface area (Å²) in [6, 6.07) is 12.5. The van der Waals surface area contributed by atoms with Crippen molar-refractivity contribution in [2.45, 2.75) is 30.0 Å². The molecule has 1 heterocycles. The number of hydrogen-bond acceptors (Lipinski definition) is 7. The Bertz CT molecular complexity index is 1150. The van der Waals surface area contributed by atoms with Crippen LogP contribution in [0.4, 0.5) is 23.7 Å². The van der Waals surface area contributed by atoms with Crippen LogP contribution in [0.1, 0.15) is 24.4 Å². The molecule has 9 nitrogen and oxygen atoms in total. The van der Waals surface area contributed by atoms with Gasteiger partial charge >= 0.3 is 18.2 Å². The van der Waals surface area contributed by atoms with Gasteiger partial charge in [-0.1, -0.05) is 30.3 Å². The maximum absolute atomic E-state index is 13.3. The highest BCUT2D eigenvalue weighted by Crippen LogP contribution is 2.39. The Kier molecular flexibility index (Phi) is 6.91. The number of carbonyl (C=O) groups excluding carboxylic acids is 1. The molecule has 0 aliphatic carbocycles. The molecular formula is C20H18F3N3O6S. The number of carboxylic acid groups (broad SMARTS) is 1. The van der Waals surface area contributed by atoms with Crippen LogP contribution in [-0.4, -0.2) is 44.1 Å². The lowest BCUT2D eigenvalue weighted by Gasteiger charge is -2.24. The van der Waals surface area contributed by atoms with Gasteiger partial charge in [0.1, 0.15) is 12.3 Å². The van der Waals surface area contributed by atoms with Crippen LogP contribution >= 0.6 is 0 Å². The molecule has 1 aliphatic rings. The van der Waals surface area contributed by atoms with Crippen molar-refractivity contribution in [2.24, 2.45) is 5.10 Å². The number of rotatable bonds is 7. The first-order valence-electron chi connectivity index (χ1n) is 9.47. The van der Waals surface area contributed by atoms with Crippen LogP contribution in [0.3, 0.4) is 0 Å². The fourth-order valence-electron chi connectivity index (χ4n) is 3.06. The van der Waals surface area contributed by atoms with Crippen LogP contribution in [0.25, 0.3) is 0 Å². The van der Waals surface area contributed by atoms with E-state index in [2.05, 4.69) is 9.84 Å². The highest BCUT2D eigenvalue weighted by molar-refractivity contribution is 7.90. The maximum Gasteiger partial charge on any atom is 0.431 e. The summed E-state index contributed by atoms with van der Waals surface area (Å²) in [6.07, 6.45) is -6.85. The number of anilines is 1. The molecule has 0 saturated heterocycles. The Labute approximate surface area is 186 Å². The molecule has 2 N–H and O–H groups in total. The Balaban J connectivity index is 1.80. The van der Waals surface area contributed by atoms with E-state index in [-0.39, 0.29) is 17.0 Å². The molecule has 2 aromatic carbocycles. The van der Waals surface area contributed by atoms with Crippen molar-refractivity contribution in [3.8, 4) is 0 Å². The van der Waals surface area contributed by atoms with Gasteiger partial charge in [0.2, 0.25) is 0 Å². The second kappa shape index (κ2) is 9.48. The lowest BCUT2D eigenvalue weighted by atomic mass is 10.0. The maximum atomic E-state index is 13.3. The molecule has 0 bridgehead atoms. The third-order valence-corrected chi connectivity index (χ3v) is 5.93. The fourth-order valence-corrected chi connectivity index (χ4v) is 3.95. The highest BCUT2D eigenvalue weighted by atomic mass is 32.2. The van der Waals surface area contributed by atoms with Crippen LogP contribution < -0.4 is 9.73 Å². The summed E-state index contributed by atoms with van der Waals surface area (Å²) in [7, 11) is -4.36. The summed E-state index contributed by atoms with van der Waals surface area (Å²) in [4.78, 5) is 21.6. The number of ether oxygens (including phenoxy) is 1. The van der Waals surface area contributed by atoms with Gasteiger partial charge in [0, 0.05) is 6.42 Å². The molecule has 1 unspecified atom stereocenters. The molecule has 0 fully saturated rings. The lowest BCUT2D eigenvalue weighted by molar-refractivity contribution is -0.137. The summed E-state index contributed by atoms with van der Waals surface area (Å²) in [5.74, 6) is -1.23. The predicted molar refractivity (Wildman–Crippen MR) is 110 cm³/mol. The molecule has 33 heavy (non-hydrogen) atoms. The highest BCUT2D eigenvalue weighted by Gasteiger charge is 2.43. The first-order valence-corrected chi connectivity index (χ1v) is 11.0. The molecule has 3 rings (SSSR count). The van der Waals surface area contributed by atoms with Gasteiger partial charge in [-0.25, -0.2) is 17.9 Å². The van der Waals surface area contributed by atoms with E-state index in [1.165, 1.54) is 17.1 Å². The van der Waals surface area contributed by atoms with E-state index in [0.29, 0.717) is 5.56 Å². The van der Waals surface area contributed by atoms with Crippen molar-refractivity contribution in [3.05, 3.63) is 60.2 Å². The summed E-state index contributed by atoms with van der Waals surface area (Å²) < 4.78 is 70.6. The van der Waals surface area contributed by atoms with Crippen molar-refractivity contribution in [3.63, 3.8) is 0 Å². The minimum atomic E-state index is -4.62. The van der Waals surface area contributed by atoms with Crippen molar-refractivity contribution in [1.29, 1.82) is 0 Å². The number of halogens is 3. The molecule has 0 radical (unpaired) electrons. The molecule has 0 aromatic heterocycles. The largest absolute Gasteiger partial charge is 0.481 e. The lowest BCUT2D eigenvalue weighted by Crippen LogP contribution is -2.31. The molecule has 13 heteroatoms. The standard InChI is InChI=1S/C20H18F3N3O6S/c21-20(22,23)17-12-16(13-4-2-1-3-5-13)26(24-17)14-6-8-15(9-7-14)33(30,31)25-19(29)32-11-10-18(27)28/h1-9,16H,10-12H2,(H,25,29)(H,27,28). The molecule has 0 spiro atoms. The summed E-state index contributed by atoms with van der Waals surface area (Å²) in [5, 5.41) is 13.4. The number of amides is 1. The van der Waals surface area contributed by atoms with Gasteiger partial charge in [0.25, 0.3) is 10.0 Å². The van der Waals surface area contributed by atoms with Gasteiger partial charge in [-0.3, -0.25) is 9.80 Å². The minimum Gasteiger partial charge on any atom is -0.481 e. The fraction of sp³-hybridized carbons (Fsp3) is 0.250. The zero-order chi connectivity index (χ0) is 24.2. The smallest absolute Gasteiger partial charge is 0.431 e. The third kappa shape index (κ3) is 6.00. The summed E-state index contributed by atoms with van der Waals surface area (Å²) in [6.45, 7) is -0.523. The second-order valence-corrected chi connectivity index (χ2v) is 8.58. The van der Waals surface area contributed by atoms with Crippen LogP contribution in [0, 0.1) is 0 Å². The number of carboxylic acids is 1. The Hall–Kier alpha value is -3.61. The average molecular weight is 485 g/mol. The normalized spacial score (nSPS) is 16.3. The first-order chi connectivity index (χ1) is 15.5. The molecule has 2 aromatic rings. The van der Waals surface area contributed by atoms with Gasteiger partial charge in [-0.2, -0.15) is 18.3 Å². The number of nitrogens with one attached hydrogen (secondary N) is 1. The van der Waals surface area contributed by atoms with Gasteiger partial charge in [-0.05, 0) is 29.8 Å². The van der Waals surface area contributed by atoms with Crippen LogP contribution in [-0.2, 0) is 19.6 Å². The molecule has 1 atom stereocenters. The van der Waals surface area contributed by atoms with Gasteiger partial charge < -0.3 is 9.84 Å². The minimum absolute atomic E-state index is 0.214. The van der Waals surface area contributed by atoms with Crippen LogP contribution in [0.15, 0.2) is 64.6 Å². The van der Waals surface area contributed by atoms with Crippen molar-refractivity contribution >= 4 is 33.5 Å². The molecule has 0 saturated carbocycles. The van der Waals surface area contributed by atoms with E-state index < -0.39 is 53.0 Å². The zero-order valence-electron chi connectivity index (χ0n) is 16.8. The van der Waals surface area contributed by atoms with Crippen molar-refractivity contribution in [2.75, 3.05) is 11.6 Å². The number of carbonyl (C=O) groups is 2. The number of hydrogen-bond donors (Lipinski definition) is 2. The van der Waals surface area contributed by atoms with E-state index >= 15 is 0 Å². The van der Waals surface area contributed by atoms with Gasteiger partial charge in [-0.15, -0.1) is 0 Å². The molecule has 1 amide bonds. The third-order valence-electron chi connectivity index (χ3n) is 4.60. The van der Waals surface area contributed by atoms with Crippen LogP contribution in [0.5, 0.6) is 0 Å².